The molecule has 1 atom stereocenters. The molecule has 0 bridgehead atoms. The molecule has 1 fully saturated rings. The Balaban J connectivity index is 0.000000913. The number of H-pyrrole nitrogens is 1. The first kappa shape index (κ1) is 22.5. The Morgan fingerprint density at radius 3 is 2.75 bits per heavy atom. The molecular weight excluding hydrogens is 425 g/mol. The minimum absolute atomic E-state index is 0.0842. The highest BCUT2D eigenvalue weighted by Gasteiger charge is 2.29. The van der Waals surface area contributed by atoms with Crippen LogP contribution in [0.15, 0.2) is 30.9 Å². The average Bonchev–Trinajstić information content (AvgIpc) is 3.55. The van der Waals surface area contributed by atoms with E-state index in [1.165, 1.54) is 36.5 Å². The Bertz CT molecular complexity index is 1090. The van der Waals surface area contributed by atoms with Crippen molar-refractivity contribution in [3.8, 4) is 5.95 Å². The van der Waals surface area contributed by atoms with Crippen molar-refractivity contribution in [2.75, 3.05) is 20.2 Å². The highest BCUT2D eigenvalue weighted by Crippen LogP contribution is 2.23. The van der Waals surface area contributed by atoms with Crippen molar-refractivity contribution in [1.29, 1.82) is 0 Å². The monoisotopic (exact) mass is 445 g/mol. The van der Waals surface area contributed by atoms with Gasteiger partial charge in [0.2, 0.25) is 5.82 Å². The molecule has 13 heteroatoms. The standard InChI is InChI=1S/C18H18FN7O3.CH2O2/c1-29-17(28)13-7-11(2-3-14(13)19)6-12-4-5-25(8-12)16(27)15-22-18(24-23-15)26-9-20-21-10-26;2-1-3/h2-3,7,9-10,12H,4-6,8H2,1H3,(H,22,23,24);1H,(H,2,3). The number of hydrogen-bond acceptors (Lipinski definition) is 8. The van der Waals surface area contributed by atoms with Gasteiger partial charge in [-0.15, -0.1) is 15.3 Å². The van der Waals surface area contributed by atoms with Crippen molar-refractivity contribution in [2.45, 2.75) is 12.8 Å². The van der Waals surface area contributed by atoms with Crippen LogP contribution >= 0.6 is 0 Å². The van der Waals surface area contributed by atoms with Gasteiger partial charge in [-0.1, -0.05) is 6.07 Å². The molecule has 3 heterocycles. The molecule has 168 valence electrons. The van der Waals surface area contributed by atoms with Gasteiger partial charge in [0.25, 0.3) is 18.3 Å². The van der Waals surface area contributed by atoms with Crippen LogP contribution in [-0.2, 0) is 16.0 Å². The Labute approximate surface area is 181 Å². The first-order chi connectivity index (χ1) is 15.5. The molecule has 32 heavy (non-hydrogen) atoms. The molecule has 1 aliphatic rings. The van der Waals surface area contributed by atoms with Crippen LogP contribution in [-0.4, -0.2) is 78.5 Å². The zero-order valence-electron chi connectivity index (χ0n) is 17.0. The number of aromatic amines is 1. The Kier molecular flexibility index (Phi) is 7.21. The second-order valence-electron chi connectivity index (χ2n) is 6.87. The number of likely N-dealkylation sites (tertiary alicyclic amines) is 1. The van der Waals surface area contributed by atoms with E-state index in [9.17, 15) is 14.0 Å². The maximum atomic E-state index is 13.8. The summed E-state index contributed by atoms with van der Waals surface area (Å²) in [4.78, 5) is 38.6. The fourth-order valence-electron chi connectivity index (χ4n) is 3.40. The number of rotatable bonds is 5. The number of halogens is 1. The molecule has 3 aromatic rings. The van der Waals surface area contributed by atoms with Crippen LogP contribution in [0.3, 0.4) is 0 Å². The zero-order valence-corrected chi connectivity index (χ0v) is 17.0. The number of amides is 1. The fraction of sp³-hybridized carbons (Fsp3) is 0.316. The number of hydrogen-bond donors (Lipinski definition) is 2. The number of esters is 1. The minimum Gasteiger partial charge on any atom is -0.483 e. The van der Waals surface area contributed by atoms with E-state index in [4.69, 9.17) is 9.90 Å². The van der Waals surface area contributed by atoms with Gasteiger partial charge in [-0.25, -0.2) is 9.18 Å². The van der Waals surface area contributed by atoms with Crippen LogP contribution in [0.1, 0.15) is 33.0 Å². The van der Waals surface area contributed by atoms with Crippen LogP contribution in [0.5, 0.6) is 0 Å². The lowest BCUT2D eigenvalue weighted by Gasteiger charge is -2.15. The molecular formula is C19H20FN7O5. The van der Waals surface area contributed by atoms with Gasteiger partial charge in [0, 0.05) is 13.1 Å². The van der Waals surface area contributed by atoms with Gasteiger partial charge in [0.1, 0.15) is 18.5 Å². The van der Waals surface area contributed by atoms with E-state index in [1.807, 2.05) is 0 Å². The summed E-state index contributed by atoms with van der Waals surface area (Å²) in [5.41, 5.74) is 0.736. The fourth-order valence-corrected chi connectivity index (χ4v) is 3.40. The molecule has 1 unspecified atom stereocenters. The molecule has 1 aliphatic heterocycles. The highest BCUT2D eigenvalue weighted by molar-refractivity contribution is 5.91. The van der Waals surface area contributed by atoms with Crippen molar-refractivity contribution in [3.63, 3.8) is 0 Å². The normalized spacial score (nSPS) is 15.1. The number of benzene rings is 1. The van der Waals surface area contributed by atoms with E-state index >= 15 is 0 Å². The summed E-state index contributed by atoms with van der Waals surface area (Å²) in [5.74, 6) is -0.941. The average molecular weight is 445 g/mol. The lowest BCUT2D eigenvalue weighted by atomic mass is 9.97. The molecule has 0 spiro atoms. The first-order valence-electron chi connectivity index (χ1n) is 9.48. The van der Waals surface area contributed by atoms with E-state index in [0.29, 0.717) is 19.5 Å². The summed E-state index contributed by atoms with van der Waals surface area (Å²) in [7, 11) is 1.22. The summed E-state index contributed by atoms with van der Waals surface area (Å²) in [6.45, 7) is 0.865. The van der Waals surface area contributed by atoms with Gasteiger partial charge >= 0.3 is 5.97 Å². The number of ether oxygens (including phenoxy) is 1. The number of nitrogens with zero attached hydrogens (tertiary/aromatic N) is 6. The minimum atomic E-state index is -0.707. The van der Waals surface area contributed by atoms with Crippen molar-refractivity contribution in [2.24, 2.45) is 5.92 Å². The second-order valence-corrected chi connectivity index (χ2v) is 6.87. The van der Waals surface area contributed by atoms with Crippen LogP contribution in [0, 0.1) is 11.7 Å². The Morgan fingerprint density at radius 1 is 1.34 bits per heavy atom. The smallest absolute Gasteiger partial charge is 0.340 e. The van der Waals surface area contributed by atoms with Crippen molar-refractivity contribution in [3.05, 3.63) is 53.6 Å². The van der Waals surface area contributed by atoms with Gasteiger partial charge in [0.05, 0.1) is 12.7 Å². The van der Waals surface area contributed by atoms with Crippen molar-refractivity contribution >= 4 is 18.3 Å². The molecule has 12 nitrogen and oxygen atoms in total. The molecule has 0 aliphatic carbocycles. The molecule has 1 amide bonds. The van der Waals surface area contributed by atoms with Crippen LogP contribution < -0.4 is 0 Å². The SMILES string of the molecule is COC(=O)c1cc(CC2CCN(C(=O)c3nc(-n4cnnc4)n[nH]3)C2)ccc1F.O=CO. The summed E-state index contributed by atoms with van der Waals surface area (Å²) in [5, 5.41) is 20.9. The lowest BCUT2D eigenvalue weighted by Crippen LogP contribution is -2.29. The number of carboxylic acid groups (broad SMARTS) is 1. The van der Waals surface area contributed by atoms with Crippen LogP contribution in [0.25, 0.3) is 5.95 Å². The number of methoxy groups -OCH3 is 1. The highest BCUT2D eigenvalue weighted by atomic mass is 19.1. The number of carbonyl (C=O) groups excluding carboxylic acids is 2. The second kappa shape index (κ2) is 10.2. The van der Waals surface area contributed by atoms with Gasteiger partial charge in [-0.3, -0.25) is 19.3 Å². The van der Waals surface area contributed by atoms with Gasteiger partial charge in [-0.05, 0) is 36.5 Å². The van der Waals surface area contributed by atoms with E-state index in [1.54, 1.807) is 11.0 Å². The number of nitrogens with one attached hydrogen (secondary N) is 1. The molecule has 2 aromatic heterocycles. The number of carbonyl (C=O) groups is 3. The predicted molar refractivity (Wildman–Crippen MR) is 105 cm³/mol. The topological polar surface area (TPSA) is 156 Å². The summed E-state index contributed by atoms with van der Waals surface area (Å²) in [6, 6.07) is 4.42. The van der Waals surface area contributed by atoms with Crippen LogP contribution in [0.2, 0.25) is 0 Å². The Hall–Kier alpha value is -4.16. The molecule has 2 N–H and O–H groups in total. The lowest BCUT2D eigenvalue weighted by molar-refractivity contribution is -0.122. The maximum absolute atomic E-state index is 13.8. The third kappa shape index (κ3) is 5.11. The third-order valence-electron chi connectivity index (χ3n) is 4.86. The van der Waals surface area contributed by atoms with E-state index < -0.39 is 11.8 Å². The molecule has 0 radical (unpaired) electrons. The van der Waals surface area contributed by atoms with Crippen molar-refractivity contribution < 1.29 is 28.6 Å². The molecule has 4 rings (SSSR count). The zero-order chi connectivity index (χ0) is 23.1. The van der Waals surface area contributed by atoms with E-state index in [-0.39, 0.29) is 35.6 Å². The quantitative estimate of drug-likeness (QED) is 0.426. The largest absolute Gasteiger partial charge is 0.483 e. The summed E-state index contributed by atoms with van der Waals surface area (Å²) in [6.07, 6.45) is 4.29. The predicted octanol–water partition coefficient (Wildman–Crippen LogP) is 0.717. The van der Waals surface area contributed by atoms with Gasteiger partial charge in [-0.2, -0.15) is 4.98 Å². The van der Waals surface area contributed by atoms with E-state index in [0.717, 1.165) is 12.0 Å². The summed E-state index contributed by atoms with van der Waals surface area (Å²) >= 11 is 0. The number of aromatic nitrogens is 6. The van der Waals surface area contributed by atoms with E-state index in [2.05, 4.69) is 30.1 Å². The molecule has 1 saturated heterocycles. The van der Waals surface area contributed by atoms with Gasteiger partial charge in [0.15, 0.2) is 0 Å². The Morgan fingerprint density at radius 2 is 2.06 bits per heavy atom. The summed E-state index contributed by atoms with van der Waals surface area (Å²) < 4.78 is 19.9. The molecule has 0 saturated carbocycles. The third-order valence-corrected chi connectivity index (χ3v) is 4.86. The van der Waals surface area contributed by atoms with Crippen molar-refractivity contribution in [1.82, 2.24) is 34.8 Å². The maximum Gasteiger partial charge on any atom is 0.340 e. The first-order valence-corrected chi connectivity index (χ1v) is 9.48. The molecule has 1 aromatic carbocycles. The van der Waals surface area contributed by atoms with Crippen LogP contribution in [0.4, 0.5) is 4.39 Å². The van der Waals surface area contributed by atoms with Gasteiger partial charge < -0.3 is 14.7 Å².